The van der Waals surface area contributed by atoms with Crippen molar-refractivity contribution in [1.82, 2.24) is 0 Å². The van der Waals surface area contributed by atoms with Crippen LogP contribution < -0.4 is 0 Å². The lowest BCUT2D eigenvalue weighted by Gasteiger charge is -2.32. The van der Waals surface area contributed by atoms with E-state index < -0.39 is 5.60 Å². The van der Waals surface area contributed by atoms with Crippen molar-refractivity contribution in [3.63, 3.8) is 0 Å². The molecule has 1 nitrogen and oxygen atoms in total. The molecule has 0 radical (unpaired) electrons. The first-order chi connectivity index (χ1) is 7.39. The van der Waals surface area contributed by atoms with Crippen molar-refractivity contribution < 1.29 is 5.11 Å². The van der Waals surface area contributed by atoms with Gasteiger partial charge in [-0.3, -0.25) is 0 Å². The second-order valence-corrected chi connectivity index (χ2v) is 7.02. The first-order valence-corrected chi connectivity index (χ1v) is 7.12. The predicted molar refractivity (Wildman–Crippen MR) is 68.2 cm³/mol. The molecule has 2 aliphatic rings. The molecule has 0 saturated heterocycles. The van der Waals surface area contributed by atoms with Gasteiger partial charge in [-0.1, -0.05) is 26.7 Å². The van der Waals surface area contributed by atoms with Gasteiger partial charge in [-0.2, -0.15) is 0 Å². The van der Waals surface area contributed by atoms with E-state index in [0.29, 0.717) is 5.92 Å². The first-order valence-electron chi connectivity index (χ1n) is 7.12. The predicted octanol–water partition coefficient (Wildman–Crippen LogP) is 3.86. The van der Waals surface area contributed by atoms with E-state index in [1.54, 1.807) is 0 Å². The van der Waals surface area contributed by atoms with Crippen LogP contribution in [-0.4, -0.2) is 10.7 Å². The Balaban J connectivity index is 2.13. The summed E-state index contributed by atoms with van der Waals surface area (Å²) in [4.78, 5) is 0. The second kappa shape index (κ2) is 4.33. The zero-order valence-electron chi connectivity index (χ0n) is 11.4. The maximum atomic E-state index is 10.3. The first kappa shape index (κ1) is 12.4. The fourth-order valence-electron chi connectivity index (χ4n) is 4.19. The molecule has 0 aromatic carbocycles. The van der Waals surface area contributed by atoms with Crippen LogP contribution in [0.3, 0.4) is 0 Å². The van der Waals surface area contributed by atoms with Gasteiger partial charge < -0.3 is 5.11 Å². The Hall–Kier alpha value is -0.0400. The van der Waals surface area contributed by atoms with Crippen molar-refractivity contribution in [2.24, 2.45) is 29.6 Å². The van der Waals surface area contributed by atoms with E-state index in [4.69, 9.17) is 0 Å². The zero-order valence-corrected chi connectivity index (χ0v) is 11.4. The average Bonchev–Trinajstić information content (AvgIpc) is 2.42. The molecule has 0 aliphatic heterocycles. The lowest BCUT2D eigenvalue weighted by Crippen LogP contribution is -2.32. The number of hydrogen-bond donors (Lipinski definition) is 1. The van der Waals surface area contributed by atoms with Gasteiger partial charge in [-0.15, -0.1) is 0 Å². The maximum Gasteiger partial charge on any atom is 0.0619 e. The van der Waals surface area contributed by atoms with Crippen LogP contribution in [0.5, 0.6) is 0 Å². The summed E-state index contributed by atoms with van der Waals surface area (Å²) in [7, 11) is 0. The molecule has 2 rings (SSSR count). The second-order valence-electron chi connectivity index (χ2n) is 7.02. The van der Waals surface area contributed by atoms with Crippen LogP contribution >= 0.6 is 0 Å². The van der Waals surface area contributed by atoms with Gasteiger partial charge in [0, 0.05) is 0 Å². The lowest BCUT2D eigenvalue weighted by atomic mass is 9.77. The van der Waals surface area contributed by atoms with Crippen LogP contribution in [0.2, 0.25) is 0 Å². The Morgan fingerprint density at radius 2 is 1.44 bits per heavy atom. The van der Waals surface area contributed by atoms with Crippen molar-refractivity contribution in [3.05, 3.63) is 0 Å². The largest absolute Gasteiger partial charge is 0.390 e. The van der Waals surface area contributed by atoms with Crippen LogP contribution in [-0.2, 0) is 0 Å². The van der Waals surface area contributed by atoms with Gasteiger partial charge >= 0.3 is 0 Å². The highest BCUT2D eigenvalue weighted by atomic mass is 16.3. The molecule has 1 N–H and O–H groups in total. The normalized spacial score (nSPS) is 45.2. The number of aliphatic hydroxyl groups is 1. The van der Waals surface area contributed by atoms with Crippen molar-refractivity contribution in [2.45, 2.75) is 65.4 Å². The molecule has 1 unspecified atom stereocenters. The summed E-state index contributed by atoms with van der Waals surface area (Å²) in [5, 5.41) is 10.3. The molecule has 2 aliphatic carbocycles. The fourth-order valence-corrected chi connectivity index (χ4v) is 4.19. The smallest absolute Gasteiger partial charge is 0.0619 e. The molecule has 0 aromatic rings. The van der Waals surface area contributed by atoms with Gasteiger partial charge in [0.25, 0.3) is 0 Å². The van der Waals surface area contributed by atoms with Crippen molar-refractivity contribution in [3.8, 4) is 0 Å². The highest BCUT2D eigenvalue weighted by molar-refractivity contribution is 4.92. The SMILES string of the molecule is CC1CC[C@H]2[C@@H](C)CC[C@@H](C(C)(C)O)C[C@@H]12. The third-order valence-corrected chi connectivity index (χ3v) is 5.49. The molecule has 1 heteroatoms. The molecular formula is C15H28O. The highest BCUT2D eigenvalue weighted by Gasteiger charge is 2.42. The third kappa shape index (κ3) is 2.30. The summed E-state index contributed by atoms with van der Waals surface area (Å²) in [6.07, 6.45) is 6.66. The molecule has 2 saturated carbocycles. The van der Waals surface area contributed by atoms with Gasteiger partial charge in [0.05, 0.1) is 5.60 Å². The molecule has 0 amide bonds. The summed E-state index contributed by atoms with van der Waals surface area (Å²) in [6.45, 7) is 8.86. The molecule has 5 atom stereocenters. The summed E-state index contributed by atoms with van der Waals surface area (Å²) in [6, 6.07) is 0. The minimum atomic E-state index is -0.475. The molecule has 0 spiro atoms. The molecule has 94 valence electrons. The lowest BCUT2D eigenvalue weighted by molar-refractivity contribution is 0.00196. The van der Waals surface area contributed by atoms with Gasteiger partial charge in [0.2, 0.25) is 0 Å². The fraction of sp³-hybridized carbons (Fsp3) is 1.00. The summed E-state index contributed by atoms with van der Waals surface area (Å²) in [5.74, 6) is 4.11. The summed E-state index contributed by atoms with van der Waals surface area (Å²) >= 11 is 0. The average molecular weight is 224 g/mol. The minimum Gasteiger partial charge on any atom is -0.390 e. The minimum absolute atomic E-state index is 0.475. The number of rotatable bonds is 1. The topological polar surface area (TPSA) is 20.2 Å². The molecule has 2 fully saturated rings. The van der Waals surface area contributed by atoms with Crippen LogP contribution in [0.25, 0.3) is 0 Å². The molecule has 0 bridgehead atoms. The van der Waals surface area contributed by atoms with E-state index in [2.05, 4.69) is 13.8 Å². The van der Waals surface area contributed by atoms with Crippen molar-refractivity contribution >= 4 is 0 Å². The van der Waals surface area contributed by atoms with Crippen LogP contribution in [0, 0.1) is 29.6 Å². The van der Waals surface area contributed by atoms with Crippen LogP contribution in [0.15, 0.2) is 0 Å². The van der Waals surface area contributed by atoms with Gasteiger partial charge in [0.15, 0.2) is 0 Å². The van der Waals surface area contributed by atoms with Gasteiger partial charge in [-0.05, 0) is 62.7 Å². The standard InChI is InChI=1S/C15H28O/c1-10-5-7-12(15(3,4)16)9-14-11(2)6-8-13(10)14/h10-14,16H,5-9H2,1-4H3/t10-,11?,12+,13-,14-/m0/s1. The number of fused-ring (bicyclic) bond motifs is 1. The van der Waals surface area contributed by atoms with Crippen molar-refractivity contribution in [2.75, 3.05) is 0 Å². The molecule has 0 heterocycles. The summed E-state index contributed by atoms with van der Waals surface area (Å²) in [5.41, 5.74) is -0.475. The van der Waals surface area contributed by atoms with Crippen molar-refractivity contribution in [1.29, 1.82) is 0 Å². The Bertz CT molecular complexity index is 240. The summed E-state index contributed by atoms with van der Waals surface area (Å²) < 4.78 is 0. The Labute approximate surface area is 101 Å². The maximum absolute atomic E-state index is 10.3. The number of hydrogen-bond acceptors (Lipinski definition) is 1. The van der Waals surface area contributed by atoms with E-state index in [1.807, 2.05) is 13.8 Å². The Morgan fingerprint density at radius 1 is 0.875 bits per heavy atom. The molecule has 16 heavy (non-hydrogen) atoms. The van der Waals surface area contributed by atoms with Crippen LogP contribution in [0.4, 0.5) is 0 Å². The molecule has 0 aromatic heterocycles. The van der Waals surface area contributed by atoms with Gasteiger partial charge in [0.1, 0.15) is 0 Å². The Morgan fingerprint density at radius 3 is 2.06 bits per heavy atom. The van der Waals surface area contributed by atoms with Gasteiger partial charge in [-0.25, -0.2) is 0 Å². The quantitative estimate of drug-likeness (QED) is 0.717. The van der Waals surface area contributed by atoms with E-state index in [0.717, 1.165) is 23.7 Å². The zero-order chi connectivity index (χ0) is 11.9. The van der Waals surface area contributed by atoms with E-state index in [1.165, 1.54) is 32.1 Å². The van der Waals surface area contributed by atoms with Crippen LogP contribution in [0.1, 0.15) is 59.8 Å². The Kier molecular flexibility index (Phi) is 3.36. The van der Waals surface area contributed by atoms with E-state index in [9.17, 15) is 5.11 Å². The molecular weight excluding hydrogens is 196 g/mol. The monoisotopic (exact) mass is 224 g/mol. The van der Waals surface area contributed by atoms with E-state index in [-0.39, 0.29) is 0 Å². The highest BCUT2D eigenvalue weighted by Crippen LogP contribution is 2.50. The third-order valence-electron chi connectivity index (χ3n) is 5.49. The van der Waals surface area contributed by atoms with E-state index >= 15 is 0 Å².